The van der Waals surface area contributed by atoms with Crippen LogP contribution < -0.4 is 5.32 Å². The topological polar surface area (TPSA) is 29.1 Å². The van der Waals surface area contributed by atoms with E-state index < -0.39 is 0 Å². The van der Waals surface area contributed by atoms with Crippen molar-refractivity contribution in [1.29, 1.82) is 0 Å². The molecule has 3 rings (SSSR count). The van der Waals surface area contributed by atoms with Gasteiger partial charge in [-0.15, -0.1) is 11.3 Å². The zero-order valence-corrected chi connectivity index (χ0v) is 14.4. The Morgan fingerprint density at radius 1 is 1.14 bits per heavy atom. The maximum absolute atomic E-state index is 12.5. The van der Waals surface area contributed by atoms with Gasteiger partial charge >= 0.3 is 0 Å². The van der Waals surface area contributed by atoms with E-state index in [1.54, 1.807) is 6.07 Å². The molecule has 0 aliphatic heterocycles. The summed E-state index contributed by atoms with van der Waals surface area (Å²) in [5.74, 6) is -0.198. The Kier molecular flexibility index (Phi) is 4.13. The van der Waals surface area contributed by atoms with Crippen molar-refractivity contribution in [3.05, 3.63) is 62.4 Å². The molecule has 0 saturated heterocycles. The molecule has 0 bridgehead atoms. The fourth-order valence-corrected chi connectivity index (χ4v) is 3.94. The van der Waals surface area contributed by atoms with E-state index in [1.165, 1.54) is 11.3 Å². The molecule has 1 aromatic heterocycles. The van der Waals surface area contributed by atoms with Gasteiger partial charge in [0.25, 0.3) is 5.91 Å². The standard InChI is InChI=1S/C17H13Cl2NOS/c1-9-4-3-5-13(10(9)2)20-17(21)16-15(19)12-7-6-11(18)8-14(12)22-16/h3-8H,1-2H3,(H,20,21). The van der Waals surface area contributed by atoms with Crippen molar-refractivity contribution in [2.45, 2.75) is 13.8 Å². The van der Waals surface area contributed by atoms with Crippen LogP contribution in [0.25, 0.3) is 10.1 Å². The number of carbonyl (C=O) groups excluding carboxylic acids is 1. The number of carbonyl (C=O) groups is 1. The third-order valence-electron chi connectivity index (χ3n) is 3.65. The Morgan fingerprint density at radius 2 is 1.91 bits per heavy atom. The lowest BCUT2D eigenvalue weighted by atomic mass is 10.1. The van der Waals surface area contributed by atoms with Crippen molar-refractivity contribution in [2.24, 2.45) is 0 Å². The van der Waals surface area contributed by atoms with Crippen molar-refractivity contribution < 1.29 is 4.79 Å². The molecule has 0 radical (unpaired) electrons. The van der Waals surface area contributed by atoms with Crippen molar-refractivity contribution in [3.63, 3.8) is 0 Å². The van der Waals surface area contributed by atoms with Crippen molar-refractivity contribution in [2.75, 3.05) is 5.32 Å². The van der Waals surface area contributed by atoms with Gasteiger partial charge in [-0.05, 0) is 43.2 Å². The van der Waals surface area contributed by atoms with Gasteiger partial charge in [-0.2, -0.15) is 0 Å². The van der Waals surface area contributed by atoms with E-state index in [0.717, 1.165) is 26.9 Å². The quantitative estimate of drug-likeness (QED) is 0.596. The fraction of sp³-hybridized carbons (Fsp3) is 0.118. The Morgan fingerprint density at radius 3 is 2.68 bits per heavy atom. The lowest BCUT2D eigenvalue weighted by molar-refractivity contribution is 0.103. The lowest BCUT2D eigenvalue weighted by Crippen LogP contribution is -2.11. The van der Waals surface area contributed by atoms with Crippen LogP contribution in [0.3, 0.4) is 0 Å². The minimum Gasteiger partial charge on any atom is -0.321 e. The minimum atomic E-state index is -0.198. The number of rotatable bonds is 2. The number of fused-ring (bicyclic) bond motifs is 1. The summed E-state index contributed by atoms with van der Waals surface area (Å²) in [5, 5.41) is 4.89. The Hall–Kier alpha value is -1.55. The number of halogens is 2. The SMILES string of the molecule is Cc1cccc(NC(=O)c2sc3cc(Cl)ccc3c2Cl)c1C. The van der Waals surface area contributed by atoms with Gasteiger partial charge < -0.3 is 5.32 Å². The van der Waals surface area contributed by atoms with Gasteiger partial charge in [-0.25, -0.2) is 0 Å². The van der Waals surface area contributed by atoms with Crippen LogP contribution in [0.15, 0.2) is 36.4 Å². The zero-order chi connectivity index (χ0) is 15.9. The predicted octanol–water partition coefficient (Wildman–Crippen LogP) is 6.08. The summed E-state index contributed by atoms with van der Waals surface area (Å²) >= 11 is 13.7. The molecule has 1 heterocycles. The molecular formula is C17H13Cl2NOS. The van der Waals surface area contributed by atoms with E-state index in [0.29, 0.717) is 14.9 Å². The van der Waals surface area contributed by atoms with Crippen LogP contribution in [0.1, 0.15) is 20.8 Å². The molecular weight excluding hydrogens is 337 g/mol. The van der Waals surface area contributed by atoms with Crippen molar-refractivity contribution in [1.82, 2.24) is 0 Å². The molecule has 2 nitrogen and oxygen atoms in total. The predicted molar refractivity (Wildman–Crippen MR) is 95.7 cm³/mol. The summed E-state index contributed by atoms with van der Waals surface area (Å²) < 4.78 is 0.906. The van der Waals surface area contributed by atoms with Crippen LogP contribution >= 0.6 is 34.5 Å². The molecule has 3 aromatic rings. The third kappa shape index (κ3) is 2.72. The summed E-state index contributed by atoms with van der Waals surface area (Å²) in [6.45, 7) is 4.00. The number of amides is 1. The monoisotopic (exact) mass is 349 g/mol. The molecule has 5 heteroatoms. The van der Waals surface area contributed by atoms with Gasteiger partial charge in [0, 0.05) is 20.8 Å². The summed E-state index contributed by atoms with van der Waals surface area (Å²) in [4.78, 5) is 13.0. The smallest absolute Gasteiger partial charge is 0.267 e. The molecule has 0 atom stereocenters. The molecule has 0 saturated carbocycles. The molecule has 1 amide bonds. The molecule has 0 spiro atoms. The second kappa shape index (κ2) is 5.92. The maximum Gasteiger partial charge on any atom is 0.267 e. The van der Waals surface area contributed by atoms with Crippen LogP contribution in [0, 0.1) is 13.8 Å². The average molecular weight is 350 g/mol. The highest BCUT2D eigenvalue weighted by molar-refractivity contribution is 7.21. The van der Waals surface area contributed by atoms with Crippen molar-refractivity contribution >= 4 is 56.2 Å². The van der Waals surface area contributed by atoms with Gasteiger partial charge in [0.15, 0.2) is 0 Å². The van der Waals surface area contributed by atoms with E-state index >= 15 is 0 Å². The first-order chi connectivity index (χ1) is 10.5. The van der Waals surface area contributed by atoms with Gasteiger partial charge in [0.2, 0.25) is 0 Å². The second-order valence-corrected chi connectivity index (χ2v) is 6.95. The molecule has 0 aliphatic rings. The number of nitrogens with one attached hydrogen (secondary N) is 1. The van der Waals surface area contributed by atoms with E-state index in [1.807, 2.05) is 44.2 Å². The minimum absolute atomic E-state index is 0.198. The van der Waals surface area contributed by atoms with E-state index in [-0.39, 0.29) is 5.91 Å². The van der Waals surface area contributed by atoms with E-state index in [4.69, 9.17) is 23.2 Å². The summed E-state index contributed by atoms with van der Waals surface area (Å²) in [7, 11) is 0. The Balaban J connectivity index is 1.99. The summed E-state index contributed by atoms with van der Waals surface area (Å²) in [5.41, 5.74) is 2.99. The molecule has 2 aromatic carbocycles. The molecule has 22 heavy (non-hydrogen) atoms. The first-order valence-electron chi connectivity index (χ1n) is 6.72. The number of benzene rings is 2. The number of anilines is 1. The summed E-state index contributed by atoms with van der Waals surface area (Å²) in [6.07, 6.45) is 0. The highest BCUT2D eigenvalue weighted by Crippen LogP contribution is 2.37. The fourth-order valence-electron chi connectivity index (χ4n) is 2.25. The molecule has 0 fully saturated rings. The first-order valence-corrected chi connectivity index (χ1v) is 8.29. The number of hydrogen-bond acceptors (Lipinski definition) is 2. The van der Waals surface area contributed by atoms with Gasteiger partial charge in [-0.1, -0.05) is 41.4 Å². The molecule has 112 valence electrons. The van der Waals surface area contributed by atoms with Crippen molar-refractivity contribution in [3.8, 4) is 0 Å². The van der Waals surface area contributed by atoms with Crippen LogP contribution in [0.5, 0.6) is 0 Å². The zero-order valence-electron chi connectivity index (χ0n) is 12.0. The van der Waals surface area contributed by atoms with Crippen LogP contribution in [0.2, 0.25) is 10.0 Å². The molecule has 1 N–H and O–H groups in total. The Bertz CT molecular complexity index is 886. The second-order valence-electron chi connectivity index (χ2n) is 5.09. The highest BCUT2D eigenvalue weighted by Gasteiger charge is 2.18. The number of thiophene rings is 1. The lowest BCUT2D eigenvalue weighted by Gasteiger charge is -2.09. The van der Waals surface area contributed by atoms with E-state index in [9.17, 15) is 4.79 Å². The number of hydrogen-bond donors (Lipinski definition) is 1. The Labute approximate surface area is 142 Å². The largest absolute Gasteiger partial charge is 0.321 e. The van der Waals surface area contributed by atoms with Crippen LogP contribution in [-0.2, 0) is 0 Å². The van der Waals surface area contributed by atoms with Gasteiger partial charge in [0.05, 0.1) is 5.02 Å². The van der Waals surface area contributed by atoms with Crippen LogP contribution in [-0.4, -0.2) is 5.91 Å². The highest BCUT2D eigenvalue weighted by atomic mass is 35.5. The summed E-state index contributed by atoms with van der Waals surface area (Å²) in [6, 6.07) is 11.3. The third-order valence-corrected chi connectivity index (χ3v) is 5.54. The van der Waals surface area contributed by atoms with E-state index in [2.05, 4.69) is 5.32 Å². The average Bonchev–Trinajstić information content (AvgIpc) is 2.80. The van der Waals surface area contributed by atoms with Gasteiger partial charge in [0.1, 0.15) is 4.88 Å². The maximum atomic E-state index is 12.5. The molecule has 0 aliphatic carbocycles. The first kappa shape index (κ1) is 15.3. The van der Waals surface area contributed by atoms with Gasteiger partial charge in [-0.3, -0.25) is 4.79 Å². The van der Waals surface area contributed by atoms with Crippen LogP contribution in [0.4, 0.5) is 5.69 Å². The number of aryl methyl sites for hydroxylation is 1. The normalized spacial score (nSPS) is 10.9. The molecule has 0 unspecified atom stereocenters.